The van der Waals surface area contributed by atoms with Crippen LogP contribution in [0.25, 0.3) is 0 Å². The quantitative estimate of drug-likeness (QED) is 0.483. The van der Waals surface area contributed by atoms with Crippen molar-refractivity contribution in [1.82, 2.24) is 4.72 Å². The number of rotatable bonds is 8. The van der Waals surface area contributed by atoms with Crippen molar-refractivity contribution in [2.24, 2.45) is 0 Å². The molecule has 0 bridgehead atoms. The van der Waals surface area contributed by atoms with Gasteiger partial charge in [-0.2, -0.15) is 17.9 Å². The van der Waals surface area contributed by atoms with Gasteiger partial charge >= 0.3 is 6.18 Å². The van der Waals surface area contributed by atoms with Crippen LogP contribution in [0.4, 0.5) is 18.9 Å². The van der Waals surface area contributed by atoms with Crippen LogP contribution in [0.2, 0.25) is 0 Å². The summed E-state index contributed by atoms with van der Waals surface area (Å²) >= 11 is 0. The molecule has 0 aliphatic carbocycles. The molecule has 0 radical (unpaired) electrons. The third kappa shape index (κ3) is 6.36. The van der Waals surface area contributed by atoms with Crippen molar-refractivity contribution in [3.8, 4) is 5.75 Å². The highest BCUT2D eigenvalue weighted by Crippen LogP contribution is 2.30. The van der Waals surface area contributed by atoms with Crippen LogP contribution >= 0.6 is 0 Å². The van der Waals surface area contributed by atoms with Crippen LogP contribution in [0.5, 0.6) is 5.75 Å². The summed E-state index contributed by atoms with van der Waals surface area (Å²) in [5, 5.41) is 2.39. The summed E-state index contributed by atoms with van der Waals surface area (Å²) in [6.45, 7) is 1.68. The van der Waals surface area contributed by atoms with Gasteiger partial charge in [-0.1, -0.05) is 36.4 Å². The molecule has 2 N–H and O–H groups in total. The molecule has 3 rings (SSSR count). The average Bonchev–Trinajstić information content (AvgIpc) is 2.78. The zero-order valence-electron chi connectivity index (χ0n) is 18.4. The molecule has 3 aromatic rings. The minimum atomic E-state index is -4.59. The normalized spacial score (nSPS) is 12.7. The number of ether oxygens (including phenoxy) is 1. The van der Waals surface area contributed by atoms with Crippen molar-refractivity contribution in [3.05, 3.63) is 89.5 Å². The monoisotopic (exact) mass is 492 g/mol. The fourth-order valence-corrected chi connectivity index (χ4v) is 4.59. The third-order valence-corrected chi connectivity index (χ3v) is 6.50. The highest BCUT2D eigenvalue weighted by molar-refractivity contribution is 7.89. The van der Waals surface area contributed by atoms with Crippen LogP contribution in [0, 0.1) is 6.92 Å². The maximum Gasteiger partial charge on any atom is 0.416 e. The largest absolute Gasteiger partial charge is 0.496 e. The van der Waals surface area contributed by atoms with E-state index in [-0.39, 0.29) is 17.0 Å². The lowest BCUT2D eigenvalue weighted by Crippen LogP contribution is -2.45. The van der Waals surface area contributed by atoms with Gasteiger partial charge in [0.2, 0.25) is 15.9 Å². The SMILES string of the molecule is COc1ccc(S(=O)(=O)N[C@H](Cc2ccccc2)C(=O)Nc2cccc(C(F)(F)F)c2)cc1C. The van der Waals surface area contributed by atoms with Crippen molar-refractivity contribution in [2.75, 3.05) is 12.4 Å². The zero-order chi connectivity index (χ0) is 24.9. The molecule has 0 aliphatic heterocycles. The number of hydrogen-bond acceptors (Lipinski definition) is 4. The lowest BCUT2D eigenvalue weighted by molar-refractivity contribution is -0.137. The van der Waals surface area contributed by atoms with E-state index in [2.05, 4.69) is 10.0 Å². The molecule has 1 amide bonds. The van der Waals surface area contributed by atoms with E-state index in [9.17, 15) is 26.4 Å². The van der Waals surface area contributed by atoms with Crippen LogP contribution < -0.4 is 14.8 Å². The van der Waals surface area contributed by atoms with Crippen LogP contribution in [-0.2, 0) is 27.4 Å². The number of anilines is 1. The van der Waals surface area contributed by atoms with E-state index in [1.807, 2.05) is 0 Å². The predicted molar refractivity (Wildman–Crippen MR) is 122 cm³/mol. The number of hydrogen-bond donors (Lipinski definition) is 2. The van der Waals surface area contributed by atoms with E-state index in [1.165, 1.54) is 31.4 Å². The highest BCUT2D eigenvalue weighted by atomic mass is 32.2. The maximum absolute atomic E-state index is 13.0. The standard InChI is InChI=1S/C24H23F3N2O4S/c1-16-13-20(11-12-22(16)33-2)34(31,32)29-21(14-17-7-4-3-5-8-17)23(30)28-19-10-6-9-18(15-19)24(25,26)27/h3-13,15,21,29H,14H2,1-2H3,(H,28,30)/t21-/m1/s1. The van der Waals surface area contributed by atoms with Gasteiger partial charge in [-0.05, 0) is 60.9 Å². The van der Waals surface area contributed by atoms with Gasteiger partial charge in [0.25, 0.3) is 0 Å². The number of aryl methyl sites for hydroxylation is 1. The van der Waals surface area contributed by atoms with Gasteiger partial charge in [-0.25, -0.2) is 8.42 Å². The van der Waals surface area contributed by atoms with Crippen molar-refractivity contribution in [3.63, 3.8) is 0 Å². The fraction of sp³-hybridized carbons (Fsp3) is 0.208. The molecule has 0 aliphatic rings. The molecule has 1 atom stereocenters. The first-order chi connectivity index (χ1) is 16.0. The number of sulfonamides is 1. The molecule has 0 saturated carbocycles. The van der Waals surface area contributed by atoms with Gasteiger partial charge < -0.3 is 10.1 Å². The first kappa shape index (κ1) is 25.3. The van der Waals surface area contributed by atoms with Gasteiger partial charge in [0, 0.05) is 5.69 Å². The van der Waals surface area contributed by atoms with E-state index in [0.29, 0.717) is 16.9 Å². The Bertz CT molecular complexity index is 1260. The van der Waals surface area contributed by atoms with Gasteiger partial charge in [0.05, 0.1) is 17.6 Å². The smallest absolute Gasteiger partial charge is 0.416 e. The number of halogens is 3. The van der Waals surface area contributed by atoms with Crippen LogP contribution in [0.3, 0.4) is 0 Å². The highest BCUT2D eigenvalue weighted by Gasteiger charge is 2.31. The molecule has 0 heterocycles. The Balaban J connectivity index is 1.89. The molecule has 34 heavy (non-hydrogen) atoms. The Morgan fingerprint density at radius 1 is 1.00 bits per heavy atom. The van der Waals surface area contributed by atoms with Gasteiger partial charge in [-0.15, -0.1) is 0 Å². The minimum Gasteiger partial charge on any atom is -0.496 e. The van der Waals surface area contributed by atoms with E-state index < -0.39 is 33.7 Å². The van der Waals surface area contributed by atoms with Gasteiger partial charge in [0.15, 0.2) is 0 Å². The Kier molecular flexibility index (Phi) is 7.63. The summed E-state index contributed by atoms with van der Waals surface area (Å²) in [7, 11) is -2.68. The Labute approximate surface area is 195 Å². The van der Waals surface area contributed by atoms with Gasteiger partial charge in [0.1, 0.15) is 11.8 Å². The summed E-state index contributed by atoms with van der Waals surface area (Å²) in [5.74, 6) is -0.293. The average molecular weight is 493 g/mol. The summed E-state index contributed by atoms with van der Waals surface area (Å²) in [4.78, 5) is 12.9. The zero-order valence-corrected chi connectivity index (χ0v) is 19.2. The maximum atomic E-state index is 13.0. The molecule has 0 fully saturated rings. The topological polar surface area (TPSA) is 84.5 Å². The lowest BCUT2D eigenvalue weighted by Gasteiger charge is -2.20. The van der Waals surface area contributed by atoms with Crippen molar-refractivity contribution in [2.45, 2.75) is 30.5 Å². The molecule has 6 nitrogen and oxygen atoms in total. The molecule has 0 saturated heterocycles. The van der Waals surface area contributed by atoms with E-state index >= 15 is 0 Å². The first-order valence-corrected chi connectivity index (χ1v) is 11.7. The van der Waals surface area contributed by atoms with E-state index in [1.54, 1.807) is 37.3 Å². The molecular weight excluding hydrogens is 469 g/mol. The molecule has 10 heteroatoms. The summed E-state index contributed by atoms with van der Waals surface area (Å²) in [5.41, 5.74) is 0.218. The number of nitrogens with one attached hydrogen (secondary N) is 2. The summed E-state index contributed by atoms with van der Waals surface area (Å²) in [6, 6.07) is 15.8. The summed E-state index contributed by atoms with van der Waals surface area (Å²) in [6.07, 6.45) is -4.60. The number of carbonyl (C=O) groups is 1. The molecular formula is C24H23F3N2O4S. The minimum absolute atomic E-state index is 0.0139. The molecule has 0 unspecified atom stereocenters. The number of amides is 1. The Hall–Kier alpha value is -3.37. The van der Waals surface area contributed by atoms with Crippen molar-refractivity contribution >= 4 is 21.6 Å². The Morgan fingerprint density at radius 2 is 1.71 bits per heavy atom. The van der Waals surface area contributed by atoms with Crippen LogP contribution in [0.1, 0.15) is 16.7 Å². The number of benzene rings is 3. The van der Waals surface area contributed by atoms with Crippen molar-refractivity contribution in [1.29, 1.82) is 0 Å². The summed E-state index contributed by atoms with van der Waals surface area (Å²) < 4.78 is 72.7. The number of carbonyl (C=O) groups excluding carboxylic acids is 1. The molecule has 0 aromatic heterocycles. The first-order valence-electron chi connectivity index (χ1n) is 10.2. The molecule has 3 aromatic carbocycles. The van der Waals surface area contributed by atoms with Crippen LogP contribution in [-0.4, -0.2) is 27.5 Å². The van der Waals surface area contributed by atoms with Crippen LogP contribution in [0.15, 0.2) is 77.7 Å². The van der Waals surface area contributed by atoms with Crippen molar-refractivity contribution < 1.29 is 31.1 Å². The lowest BCUT2D eigenvalue weighted by atomic mass is 10.1. The second kappa shape index (κ2) is 10.3. The molecule has 0 spiro atoms. The van der Waals surface area contributed by atoms with E-state index in [4.69, 9.17) is 4.74 Å². The Morgan fingerprint density at radius 3 is 2.32 bits per heavy atom. The predicted octanol–water partition coefficient (Wildman–Crippen LogP) is 4.55. The number of methoxy groups -OCH3 is 1. The fourth-order valence-electron chi connectivity index (χ4n) is 3.31. The third-order valence-electron chi connectivity index (χ3n) is 5.03. The second-order valence-electron chi connectivity index (χ2n) is 7.56. The van der Waals surface area contributed by atoms with E-state index in [0.717, 1.165) is 18.2 Å². The molecule has 180 valence electrons. The second-order valence-corrected chi connectivity index (χ2v) is 9.28. The number of alkyl halides is 3. The van der Waals surface area contributed by atoms with Gasteiger partial charge in [-0.3, -0.25) is 4.79 Å².